The Kier molecular flexibility index (Phi) is 5.68. The standard InChI is InChI=1S/C22H25N5O/c23-21-20(22(26-15-25-21)27-18-7-4-12-24-13-18)17-8-10-19(11-9-17)28-14-16-5-2-1-3-6-16/h1-3,5-6,8-11,15,18,24H,4,7,12-14H2,(H3,23,25,26,27). The van der Waals surface area contributed by atoms with Crippen LogP contribution in [0.3, 0.4) is 0 Å². The summed E-state index contributed by atoms with van der Waals surface area (Å²) in [5.41, 5.74) is 9.14. The van der Waals surface area contributed by atoms with E-state index in [9.17, 15) is 0 Å². The van der Waals surface area contributed by atoms with Gasteiger partial charge < -0.3 is 21.1 Å². The SMILES string of the molecule is Nc1ncnc(NC2CCCNC2)c1-c1ccc(OCc2ccccc2)cc1. The van der Waals surface area contributed by atoms with Gasteiger partial charge in [0.2, 0.25) is 0 Å². The minimum absolute atomic E-state index is 0.343. The summed E-state index contributed by atoms with van der Waals surface area (Å²) in [6.07, 6.45) is 3.78. The molecule has 2 aromatic carbocycles. The quantitative estimate of drug-likeness (QED) is 0.612. The molecule has 1 atom stereocenters. The van der Waals surface area contributed by atoms with Gasteiger partial charge in [0.1, 0.15) is 30.3 Å². The molecule has 4 rings (SSSR count). The van der Waals surface area contributed by atoms with Crippen LogP contribution >= 0.6 is 0 Å². The minimum Gasteiger partial charge on any atom is -0.489 e. The molecular weight excluding hydrogens is 350 g/mol. The van der Waals surface area contributed by atoms with Gasteiger partial charge >= 0.3 is 0 Å². The lowest BCUT2D eigenvalue weighted by atomic mass is 10.0. The first-order valence-corrected chi connectivity index (χ1v) is 9.64. The van der Waals surface area contributed by atoms with Gasteiger partial charge in [-0.3, -0.25) is 0 Å². The fraction of sp³-hybridized carbons (Fsp3) is 0.273. The van der Waals surface area contributed by atoms with E-state index in [0.717, 1.165) is 54.2 Å². The molecule has 1 aliphatic heterocycles. The number of hydrogen-bond donors (Lipinski definition) is 3. The molecule has 0 spiro atoms. The number of ether oxygens (including phenoxy) is 1. The van der Waals surface area contributed by atoms with E-state index in [1.807, 2.05) is 42.5 Å². The molecule has 4 N–H and O–H groups in total. The van der Waals surface area contributed by atoms with Gasteiger partial charge in [-0.05, 0) is 42.6 Å². The molecule has 1 aliphatic rings. The third-order valence-electron chi connectivity index (χ3n) is 4.91. The van der Waals surface area contributed by atoms with Crippen molar-refractivity contribution in [3.63, 3.8) is 0 Å². The lowest BCUT2D eigenvalue weighted by Crippen LogP contribution is -2.38. The molecule has 1 unspecified atom stereocenters. The van der Waals surface area contributed by atoms with Gasteiger partial charge in [-0.15, -0.1) is 0 Å². The first kappa shape index (κ1) is 18.3. The fourth-order valence-electron chi connectivity index (χ4n) is 3.42. The summed E-state index contributed by atoms with van der Waals surface area (Å²) in [5.74, 6) is 2.06. The molecule has 2 heterocycles. The molecule has 1 saturated heterocycles. The predicted molar refractivity (Wildman–Crippen MR) is 112 cm³/mol. The van der Waals surface area contributed by atoms with E-state index in [-0.39, 0.29) is 0 Å². The van der Waals surface area contributed by atoms with Crippen molar-refractivity contribution in [3.05, 3.63) is 66.5 Å². The molecule has 6 heteroatoms. The topological polar surface area (TPSA) is 85.1 Å². The lowest BCUT2D eigenvalue weighted by Gasteiger charge is -2.25. The highest BCUT2D eigenvalue weighted by Gasteiger charge is 2.17. The van der Waals surface area contributed by atoms with Crippen LogP contribution in [0.5, 0.6) is 5.75 Å². The fourth-order valence-corrected chi connectivity index (χ4v) is 3.42. The highest BCUT2D eigenvalue weighted by Crippen LogP contribution is 2.32. The van der Waals surface area contributed by atoms with Gasteiger partial charge in [0, 0.05) is 12.6 Å². The number of rotatable bonds is 6. The number of nitrogens with two attached hydrogens (primary N) is 1. The van der Waals surface area contributed by atoms with E-state index < -0.39 is 0 Å². The normalized spacial score (nSPS) is 16.5. The van der Waals surface area contributed by atoms with Crippen LogP contribution in [0.2, 0.25) is 0 Å². The van der Waals surface area contributed by atoms with E-state index in [1.165, 1.54) is 6.33 Å². The lowest BCUT2D eigenvalue weighted by molar-refractivity contribution is 0.306. The molecule has 0 radical (unpaired) electrons. The number of aromatic nitrogens is 2. The second-order valence-corrected chi connectivity index (χ2v) is 6.97. The first-order valence-electron chi connectivity index (χ1n) is 9.64. The molecule has 6 nitrogen and oxygen atoms in total. The monoisotopic (exact) mass is 375 g/mol. The third-order valence-corrected chi connectivity index (χ3v) is 4.91. The Hall–Kier alpha value is -3.12. The number of benzene rings is 2. The summed E-state index contributed by atoms with van der Waals surface area (Å²) >= 11 is 0. The number of nitrogen functional groups attached to an aromatic ring is 1. The maximum atomic E-state index is 6.19. The zero-order valence-corrected chi connectivity index (χ0v) is 15.8. The maximum Gasteiger partial charge on any atom is 0.139 e. The van der Waals surface area contributed by atoms with E-state index in [1.54, 1.807) is 0 Å². The van der Waals surface area contributed by atoms with Crippen LogP contribution in [-0.2, 0) is 6.61 Å². The largest absolute Gasteiger partial charge is 0.489 e. The van der Waals surface area contributed by atoms with Crippen LogP contribution < -0.4 is 21.1 Å². The van der Waals surface area contributed by atoms with Gasteiger partial charge in [0.25, 0.3) is 0 Å². The Morgan fingerprint density at radius 3 is 2.64 bits per heavy atom. The van der Waals surface area contributed by atoms with Gasteiger partial charge in [-0.1, -0.05) is 42.5 Å². The summed E-state index contributed by atoms with van der Waals surface area (Å²) in [5, 5.41) is 6.94. The summed E-state index contributed by atoms with van der Waals surface area (Å²) in [6, 6.07) is 18.4. The van der Waals surface area contributed by atoms with Gasteiger partial charge in [-0.25, -0.2) is 9.97 Å². The molecule has 28 heavy (non-hydrogen) atoms. The van der Waals surface area contributed by atoms with Crippen molar-refractivity contribution in [1.29, 1.82) is 0 Å². The predicted octanol–water partition coefficient (Wildman–Crippen LogP) is 3.47. The molecular formula is C22H25N5O. The van der Waals surface area contributed by atoms with Crippen molar-refractivity contribution in [2.24, 2.45) is 0 Å². The molecule has 0 bridgehead atoms. The molecule has 3 aromatic rings. The number of hydrogen-bond acceptors (Lipinski definition) is 6. The van der Waals surface area contributed by atoms with Crippen molar-refractivity contribution in [3.8, 4) is 16.9 Å². The van der Waals surface area contributed by atoms with Crippen LogP contribution in [0.25, 0.3) is 11.1 Å². The zero-order valence-electron chi connectivity index (χ0n) is 15.8. The van der Waals surface area contributed by atoms with Crippen molar-refractivity contribution in [1.82, 2.24) is 15.3 Å². The number of nitrogens with one attached hydrogen (secondary N) is 2. The van der Waals surface area contributed by atoms with Crippen molar-refractivity contribution < 1.29 is 4.74 Å². The smallest absolute Gasteiger partial charge is 0.139 e. The first-order chi connectivity index (χ1) is 13.8. The molecule has 0 aliphatic carbocycles. The Morgan fingerprint density at radius 2 is 1.89 bits per heavy atom. The highest BCUT2D eigenvalue weighted by molar-refractivity contribution is 5.83. The van der Waals surface area contributed by atoms with E-state index >= 15 is 0 Å². The Morgan fingerprint density at radius 1 is 1.07 bits per heavy atom. The zero-order chi connectivity index (χ0) is 19.2. The second kappa shape index (κ2) is 8.71. The van der Waals surface area contributed by atoms with Gasteiger partial charge in [0.15, 0.2) is 0 Å². The summed E-state index contributed by atoms with van der Waals surface area (Å²) in [6.45, 7) is 2.54. The molecule has 0 saturated carbocycles. The average molecular weight is 375 g/mol. The van der Waals surface area contributed by atoms with Crippen molar-refractivity contribution in [2.45, 2.75) is 25.5 Å². The summed E-state index contributed by atoms with van der Waals surface area (Å²) < 4.78 is 5.88. The third kappa shape index (κ3) is 4.40. The maximum absolute atomic E-state index is 6.19. The van der Waals surface area contributed by atoms with E-state index in [0.29, 0.717) is 18.5 Å². The van der Waals surface area contributed by atoms with Crippen LogP contribution in [-0.4, -0.2) is 29.1 Å². The van der Waals surface area contributed by atoms with Crippen LogP contribution in [0.4, 0.5) is 11.6 Å². The molecule has 1 fully saturated rings. The summed E-state index contributed by atoms with van der Waals surface area (Å²) in [4.78, 5) is 8.63. The van der Waals surface area contributed by atoms with Crippen LogP contribution in [0, 0.1) is 0 Å². The highest BCUT2D eigenvalue weighted by atomic mass is 16.5. The second-order valence-electron chi connectivity index (χ2n) is 6.97. The Labute approximate surface area is 165 Å². The van der Waals surface area contributed by atoms with E-state index in [4.69, 9.17) is 10.5 Å². The number of nitrogens with zero attached hydrogens (tertiary/aromatic N) is 2. The van der Waals surface area contributed by atoms with Gasteiger partial charge in [0.05, 0.1) is 5.56 Å². The molecule has 1 aromatic heterocycles. The van der Waals surface area contributed by atoms with Crippen LogP contribution in [0.15, 0.2) is 60.9 Å². The average Bonchev–Trinajstić information content (AvgIpc) is 2.75. The number of anilines is 2. The van der Waals surface area contributed by atoms with Gasteiger partial charge in [-0.2, -0.15) is 0 Å². The van der Waals surface area contributed by atoms with Crippen molar-refractivity contribution in [2.75, 3.05) is 24.1 Å². The Bertz CT molecular complexity index is 893. The number of piperidine rings is 1. The van der Waals surface area contributed by atoms with E-state index in [2.05, 4.69) is 32.7 Å². The summed E-state index contributed by atoms with van der Waals surface area (Å²) in [7, 11) is 0. The minimum atomic E-state index is 0.343. The Balaban J connectivity index is 1.50. The van der Waals surface area contributed by atoms with Crippen molar-refractivity contribution >= 4 is 11.6 Å². The molecule has 0 amide bonds. The molecule has 144 valence electrons. The van der Waals surface area contributed by atoms with Crippen LogP contribution in [0.1, 0.15) is 18.4 Å².